The SMILES string of the molecule is CC(=O)NCC(O)Cc1cnc(C2=CCN(C(=O)OC(C)(C)C)CC2)c(Cl)c1. The van der Waals surface area contributed by atoms with E-state index >= 15 is 0 Å². The van der Waals surface area contributed by atoms with E-state index < -0.39 is 11.7 Å². The predicted molar refractivity (Wildman–Crippen MR) is 108 cm³/mol. The Kier molecular flexibility index (Phi) is 7.43. The Morgan fingerprint density at radius 3 is 2.68 bits per heavy atom. The maximum Gasteiger partial charge on any atom is 0.410 e. The van der Waals surface area contributed by atoms with E-state index in [9.17, 15) is 14.7 Å². The number of rotatable bonds is 5. The van der Waals surface area contributed by atoms with E-state index in [1.807, 2.05) is 26.8 Å². The van der Waals surface area contributed by atoms with E-state index in [0.29, 0.717) is 36.6 Å². The van der Waals surface area contributed by atoms with Crippen LogP contribution in [0.15, 0.2) is 18.3 Å². The van der Waals surface area contributed by atoms with Crippen LogP contribution in [-0.4, -0.2) is 58.3 Å². The molecule has 2 N–H and O–H groups in total. The molecule has 2 heterocycles. The van der Waals surface area contributed by atoms with Gasteiger partial charge in [0.1, 0.15) is 5.60 Å². The zero-order valence-electron chi connectivity index (χ0n) is 16.8. The van der Waals surface area contributed by atoms with Gasteiger partial charge in [-0.1, -0.05) is 17.7 Å². The molecule has 0 saturated carbocycles. The van der Waals surface area contributed by atoms with Crippen molar-refractivity contribution in [3.05, 3.63) is 34.6 Å². The molecule has 0 bridgehead atoms. The van der Waals surface area contributed by atoms with Gasteiger partial charge in [0, 0.05) is 39.2 Å². The van der Waals surface area contributed by atoms with E-state index in [0.717, 1.165) is 11.1 Å². The van der Waals surface area contributed by atoms with Gasteiger partial charge >= 0.3 is 6.09 Å². The third kappa shape index (κ3) is 6.80. The molecule has 1 aromatic rings. The van der Waals surface area contributed by atoms with Crippen LogP contribution in [0.25, 0.3) is 5.57 Å². The number of aliphatic hydroxyl groups excluding tert-OH is 1. The Morgan fingerprint density at radius 2 is 2.14 bits per heavy atom. The van der Waals surface area contributed by atoms with Crippen molar-refractivity contribution in [2.24, 2.45) is 0 Å². The Hall–Kier alpha value is -2.12. The van der Waals surface area contributed by atoms with Gasteiger partial charge in [0.15, 0.2) is 0 Å². The first-order valence-corrected chi connectivity index (χ1v) is 9.67. The minimum atomic E-state index is -0.705. The molecule has 2 rings (SSSR count). The summed E-state index contributed by atoms with van der Waals surface area (Å²) in [6, 6.07) is 1.78. The molecule has 1 aromatic heterocycles. The van der Waals surface area contributed by atoms with Crippen LogP contribution in [0.3, 0.4) is 0 Å². The van der Waals surface area contributed by atoms with Crippen LogP contribution in [0, 0.1) is 0 Å². The van der Waals surface area contributed by atoms with Gasteiger partial charge in [0.25, 0.3) is 0 Å². The number of aromatic nitrogens is 1. The number of ether oxygens (including phenoxy) is 1. The van der Waals surface area contributed by atoms with Gasteiger partial charge in [-0.25, -0.2) is 4.79 Å². The molecule has 0 saturated heterocycles. The first-order valence-electron chi connectivity index (χ1n) is 9.29. The van der Waals surface area contributed by atoms with Crippen LogP contribution >= 0.6 is 11.6 Å². The molecule has 7 nitrogen and oxygen atoms in total. The third-order valence-corrected chi connectivity index (χ3v) is 4.41. The second-order valence-corrected chi connectivity index (χ2v) is 8.28. The molecule has 0 radical (unpaired) electrons. The molecule has 0 fully saturated rings. The number of hydrogen-bond donors (Lipinski definition) is 2. The van der Waals surface area contributed by atoms with Crippen molar-refractivity contribution in [2.45, 2.75) is 52.2 Å². The predicted octanol–water partition coefficient (Wildman–Crippen LogP) is 2.80. The fraction of sp³-hybridized carbons (Fsp3) is 0.550. The molecule has 1 unspecified atom stereocenters. The van der Waals surface area contributed by atoms with Gasteiger partial charge in [-0.15, -0.1) is 0 Å². The summed E-state index contributed by atoms with van der Waals surface area (Å²) in [5.41, 5.74) is 1.94. The Bertz CT molecular complexity index is 758. The highest BCUT2D eigenvalue weighted by atomic mass is 35.5. The number of nitrogens with zero attached hydrogens (tertiary/aromatic N) is 2. The highest BCUT2D eigenvalue weighted by Crippen LogP contribution is 2.28. The summed E-state index contributed by atoms with van der Waals surface area (Å²) in [5.74, 6) is -0.185. The zero-order chi connectivity index (χ0) is 20.9. The first-order chi connectivity index (χ1) is 13.0. The maximum atomic E-state index is 12.1. The number of nitrogens with one attached hydrogen (secondary N) is 1. The zero-order valence-corrected chi connectivity index (χ0v) is 17.5. The van der Waals surface area contributed by atoms with E-state index in [1.54, 1.807) is 17.2 Å². The summed E-state index contributed by atoms with van der Waals surface area (Å²) < 4.78 is 5.40. The van der Waals surface area contributed by atoms with Crippen molar-refractivity contribution >= 4 is 29.2 Å². The lowest BCUT2D eigenvalue weighted by Gasteiger charge is -2.29. The summed E-state index contributed by atoms with van der Waals surface area (Å²) in [6.45, 7) is 8.09. The number of aliphatic hydroxyl groups is 1. The van der Waals surface area contributed by atoms with E-state index in [2.05, 4.69) is 10.3 Å². The van der Waals surface area contributed by atoms with Crippen molar-refractivity contribution in [3.8, 4) is 0 Å². The van der Waals surface area contributed by atoms with Crippen LogP contribution in [-0.2, 0) is 16.0 Å². The van der Waals surface area contributed by atoms with Crippen molar-refractivity contribution < 1.29 is 19.4 Å². The molecule has 28 heavy (non-hydrogen) atoms. The van der Waals surface area contributed by atoms with E-state index in [4.69, 9.17) is 16.3 Å². The molecule has 2 amide bonds. The summed E-state index contributed by atoms with van der Waals surface area (Å²) in [6.07, 6.45) is 3.57. The maximum absolute atomic E-state index is 12.1. The molecular weight excluding hydrogens is 382 g/mol. The summed E-state index contributed by atoms with van der Waals surface area (Å²) in [4.78, 5) is 29.2. The number of carbonyl (C=O) groups is 2. The standard InChI is InChI=1S/C20H28ClN3O4/c1-13(25)22-12-16(26)9-14-10-17(21)18(23-11-14)15-5-7-24(8-6-15)19(27)28-20(2,3)4/h5,10-11,16,26H,6-9,12H2,1-4H3,(H,22,25). The Morgan fingerprint density at radius 1 is 1.43 bits per heavy atom. The lowest BCUT2D eigenvalue weighted by molar-refractivity contribution is -0.119. The van der Waals surface area contributed by atoms with Gasteiger partial charge in [0.2, 0.25) is 5.91 Å². The molecule has 8 heteroatoms. The monoisotopic (exact) mass is 409 g/mol. The van der Waals surface area contributed by atoms with Crippen LogP contribution in [0.4, 0.5) is 4.79 Å². The van der Waals surface area contributed by atoms with Gasteiger partial charge in [-0.05, 0) is 44.4 Å². The third-order valence-electron chi connectivity index (χ3n) is 4.12. The lowest BCUT2D eigenvalue weighted by atomic mass is 10.0. The molecule has 0 aromatic carbocycles. The average molecular weight is 410 g/mol. The molecule has 1 aliphatic rings. The summed E-state index contributed by atoms with van der Waals surface area (Å²) in [5, 5.41) is 13.1. The van der Waals surface area contributed by atoms with Crippen molar-refractivity contribution in [2.75, 3.05) is 19.6 Å². The highest BCUT2D eigenvalue weighted by molar-refractivity contribution is 6.32. The van der Waals surface area contributed by atoms with Crippen LogP contribution in [0.5, 0.6) is 0 Å². The molecule has 1 atom stereocenters. The molecule has 0 spiro atoms. The Balaban J connectivity index is 1.99. The normalized spacial score (nSPS) is 15.6. The summed E-state index contributed by atoms with van der Waals surface area (Å²) >= 11 is 6.40. The molecular formula is C20H28ClN3O4. The quantitative estimate of drug-likeness (QED) is 0.780. The van der Waals surface area contributed by atoms with Crippen molar-refractivity contribution in [3.63, 3.8) is 0 Å². The number of halogens is 1. The fourth-order valence-corrected chi connectivity index (χ4v) is 3.12. The first kappa shape index (κ1) is 22.2. The van der Waals surface area contributed by atoms with E-state index in [-0.39, 0.29) is 18.5 Å². The smallest absolute Gasteiger partial charge is 0.410 e. The molecule has 1 aliphatic heterocycles. The van der Waals surface area contributed by atoms with Crippen LogP contribution in [0.1, 0.15) is 45.4 Å². The Labute approximate surface area is 170 Å². The van der Waals surface area contributed by atoms with E-state index in [1.165, 1.54) is 6.92 Å². The lowest BCUT2D eigenvalue weighted by Crippen LogP contribution is -2.39. The van der Waals surface area contributed by atoms with Gasteiger partial charge in [-0.2, -0.15) is 0 Å². The van der Waals surface area contributed by atoms with Gasteiger partial charge in [-0.3, -0.25) is 9.78 Å². The number of carbonyl (C=O) groups excluding carboxylic acids is 2. The van der Waals surface area contributed by atoms with Gasteiger partial charge < -0.3 is 20.1 Å². The highest BCUT2D eigenvalue weighted by Gasteiger charge is 2.24. The second kappa shape index (κ2) is 9.39. The average Bonchev–Trinajstić information content (AvgIpc) is 2.59. The van der Waals surface area contributed by atoms with Crippen molar-refractivity contribution in [1.29, 1.82) is 0 Å². The molecule has 154 valence electrons. The minimum absolute atomic E-state index is 0.181. The van der Waals surface area contributed by atoms with Crippen LogP contribution < -0.4 is 5.32 Å². The summed E-state index contributed by atoms with van der Waals surface area (Å²) in [7, 11) is 0. The molecule has 0 aliphatic carbocycles. The fourth-order valence-electron chi connectivity index (χ4n) is 2.81. The minimum Gasteiger partial charge on any atom is -0.444 e. The van der Waals surface area contributed by atoms with Crippen molar-refractivity contribution in [1.82, 2.24) is 15.2 Å². The topological polar surface area (TPSA) is 91.8 Å². The second-order valence-electron chi connectivity index (χ2n) is 7.87. The largest absolute Gasteiger partial charge is 0.444 e. The van der Waals surface area contributed by atoms with Crippen LogP contribution in [0.2, 0.25) is 5.02 Å². The number of pyridine rings is 1. The number of amides is 2. The van der Waals surface area contributed by atoms with Gasteiger partial charge in [0.05, 0.1) is 16.8 Å². The number of hydrogen-bond acceptors (Lipinski definition) is 5.